The highest BCUT2D eigenvalue weighted by Gasteiger charge is 2.41. The number of aryl methyl sites for hydroxylation is 1. The molecule has 1 aliphatic rings. The molecule has 1 amide bonds. The van der Waals surface area contributed by atoms with E-state index in [1.54, 1.807) is 19.1 Å². The second-order valence-corrected chi connectivity index (χ2v) is 9.03. The maximum atomic E-state index is 13.5. The van der Waals surface area contributed by atoms with E-state index in [9.17, 15) is 13.6 Å². The molecule has 0 bridgehead atoms. The van der Waals surface area contributed by atoms with E-state index in [2.05, 4.69) is 24.2 Å². The van der Waals surface area contributed by atoms with Crippen LogP contribution in [0.25, 0.3) is 16.6 Å². The average Bonchev–Trinajstić information content (AvgIpc) is 3.40. The van der Waals surface area contributed by atoms with Crippen molar-refractivity contribution in [1.82, 2.24) is 14.7 Å². The van der Waals surface area contributed by atoms with Crippen LogP contribution in [0.2, 0.25) is 0 Å². The first-order chi connectivity index (χ1) is 15.8. The topological polar surface area (TPSA) is 38.1 Å². The standard InChI is InChI=1S/C27H25F2N3O/c1-18-13-26-21(16-30-32(26)24-9-7-23(29)8-10-24)14-25(18)27(11-12-31(17-27)19(2)33)15-20-3-5-22(28)6-4-20/h3-10,13-14,16H,11-12,15,17H2,1-2H3. The second-order valence-electron chi connectivity index (χ2n) is 9.03. The predicted molar refractivity (Wildman–Crippen MR) is 124 cm³/mol. The zero-order valence-corrected chi connectivity index (χ0v) is 18.7. The molecule has 2 heterocycles. The van der Waals surface area contributed by atoms with Gasteiger partial charge in [0.2, 0.25) is 5.91 Å². The summed E-state index contributed by atoms with van der Waals surface area (Å²) in [5, 5.41) is 5.54. The third-order valence-corrected chi connectivity index (χ3v) is 6.81. The summed E-state index contributed by atoms with van der Waals surface area (Å²) in [6, 6.07) is 17.2. The van der Waals surface area contributed by atoms with Gasteiger partial charge >= 0.3 is 0 Å². The van der Waals surface area contributed by atoms with E-state index in [0.29, 0.717) is 13.1 Å². The van der Waals surface area contributed by atoms with Crippen LogP contribution in [0.3, 0.4) is 0 Å². The number of carbonyl (C=O) groups is 1. The Bertz CT molecular complexity index is 1330. The van der Waals surface area contributed by atoms with E-state index in [0.717, 1.165) is 40.6 Å². The van der Waals surface area contributed by atoms with Crippen LogP contribution in [-0.2, 0) is 16.6 Å². The van der Waals surface area contributed by atoms with Crippen LogP contribution in [0.4, 0.5) is 8.78 Å². The number of halogens is 2. The summed E-state index contributed by atoms with van der Waals surface area (Å²) < 4.78 is 28.7. The molecule has 5 rings (SSSR count). The number of benzene rings is 3. The largest absolute Gasteiger partial charge is 0.342 e. The molecular formula is C27H25F2N3O. The van der Waals surface area contributed by atoms with Crippen LogP contribution in [-0.4, -0.2) is 33.7 Å². The number of hydrogen-bond donors (Lipinski definition) is 0. The first-order valence-corrected chi connectivity index (χ1v) is 11.1. The summed E-state index contributed by atoms with van der Waals surface area (Å²) in [5.41, 5.74) is 4.81. The van der Waals surface area contributed by atoms with Gasteiger partial charge in [-0.2, -0.15) is 5.10 Å². The summed E-state index contributed by atoms with van der Waals surface area (Å²) in [6.07, 6.45) is 3.38. The van der Waals surface area contributed by atoms with Crippen molar-refractivity contribution >= 4 is 16.8 Å². The molecule has 1 atom stereocenters. The van der Waals surface area contributed by atoms with Crippen molar-refractivity contribution in [3.05, 3.63) is 95.2 Å². The normalized spacial score (nSPS) is 18.2. The third-order valence-electron chi connectivity index (χ3n) is 6.81. The molecule has 1 fully saturated rings. The molecule has 1 saturated heterocycles. The molecule has 6 heteroatoms. The fourth-order valence-corrected chi connectivity index (χ4v) is 5.13. The first-order valence-electron chi connectivity index (χ1n) is 11.1. The van der Waals surface area contributed by atoms with E-state index < -0.39 is 0 Å². The van der Waals surface area contributed by atoms with Crippen LogP contribution in [0.5, 0.6) is 0 Å². The van der Waals surface area contributed by atoms with Crippen molar-refractivity contribution in [2.75, 3.05) is 13.1 Å². The maximum Gasteiger partial charge on any atom is 0.219 e. The van der Waals surface area contributed by atoms with E-state index in [4.69, 9.17) is 0 Å². The Morgan fingerprint density at radius 1 is 1.03 bits per heavy atom. The van der Waals surface area contributed by atoms with E-state index in [-0.39, 0.29) is 23.0 Å². The molecule has 4 aromatic rings. The Balaban J connectivity index is 1.60. The van der Waals surface area contributed by atoms with E-state index >= 15 is 0 Å². The minimum Gasteiger partial charge on any atom is -0.342 e. The Morgan fingerprint density at radius 2 is 1.70 bits per heavy atom. The number of carbonyl (C=O) groups excluding carboxylic acids is 1. The van der Waals surface area contributed by atoms with Gasteiger partial charge in [0.05, 0.1) is 17.4 Å². The van der Waals surface area contributed by atoms with E-state index in [1.165, 1.54) is 29.8 Å². The van der Waals surface area contributed by atoms with Crippen molar-refractivity contribution in [1.29, 1.82) is 0 Å². The summed E-state index contributed by atoms with van der Waals surface area (Å²) in [4.78, 5) is 14.1. The van der Waals surface area contributed by atoms with Gasteiger partial charge in [-0.1, -0.05) is 12.1 Å². The smallest absolute Gasteiger partial charge is 0.219 e. The summed E-state index contributed by atoms with van der Waals surface area (Å²) in [6.45, 7) is 5.01. The molecule has 0 spiro atoms. The van der Waals surface area contributed by atoms with Gasteiger partial charge in [-0.25, -0.2) is 13.5 Å². The highest BCUT2D eigenvalue weighted by molar-refractivity contribution is 5.83. The maximum absolute atomic E-state index is 13.5. The molecule has 0 saturated carbocycles. The molecule has 1 unspecified atom stereocenters. The van der Waals surface area contributed by atoms with Gasteiger partial charge in [-0.3, -0.25) is 4.79 Å². The van der Waals surface area contributed by atoms with Gasteiger partial charge in [0, 0.05) is 30.8 Å². The minimum atomic E-state index is -0.285. The number of fused-ring (bicyclic) bond motifs is 1. The number of aromatic nitrogens is 2. The Labute approximate surface area is 191 Å². The van der Waals surface area contributed by atoms with Crippen molar-refractivity contribution < 1.29 is 13.6 Å². The summed E-state index contributed by atoms with van der Waals surface area (Å²) >= 11 is 0. The number of nitrogens with zero attached hydrogens (tertiary/aromatic N) is 3. The average molecular weight is 446 g/mol. The van der Waals surface area contributed by atoms with Gasteiger partial charge in [0.15, 0.2) is 0 Å². The molecule has 4 nitrogen and oxygen atoms in total. The van der Waals surface area contributed by atoms with Gasteiger partial charge in [0.1, 0.15) is 11.6 Å². The highest BCUT2D eigenvalue weighted by atomic mass is 19.1. The second kappa shape index (κ2) is 8.10. The van der Waals surface area contributed by atoms with E-state index in [1.807, 2.05) is 27.9 Å². The lowest BCUT2D eigenvalue weighted by atomic mass is 9.73. The first kappa shape index (κ1) is 21.3. The Hall–Kier alpha value is -3.54. The lowest BCUT2D eigenvalue weighted by Crippen LogP contribution is -2.35. The molecule has 0 N–H and O–H groups in total. The fraction of sp³-hybridized carbons (Fsp3) is 0.259. The quantitative estimate of drug-likeness (QED) is 0.425. The van der Waals surface area contributed by atoms with Crippen molar-refractivity contribution in [2.24, 2.45) is 0 Å². The lowest BCUT2D eigenvalue weighted by Gasteiger charge is -2.32. The lowest BCUT2D eigenvalue weighted by molar-refractivity contribution is -0.128. The molecule has 1 aliphatic heterocycles. The minimum absolute atomic E-state index is 0.0684. The highest BCUT2D eigenvalue weighted by Crippen LogP contribution is 2.41. The molecule has 1 aromatic heterocycles. The summed E-state index contributed by atoms with van der Waals surface area (Å²) in [7, 11) is 0. The van der Waals surface area contributed by atoms with Crippen LogP contribution in [0, 0.1) is 18.6 Å². The van der Waals surface area contributed by atoms with Gasteiger partial charge in [-0.05, 0) is 85.0 Å². The number of hydrogen-bond acceptors (Lipinski definition) is 2. The monoisotopic (exact) mass is 445 g/mol. The molecule has 0 radical (unpaired) electrons. The van der Waals surface area contributed by atoms with Crippen LogP contribution < -0.4 is 0 Å². The Kier molecular flexibility index (Phi) is 5.23. The third kappa shape index (κ3) is 3.90. The molecule has 0 aliphatic carbocycles. The Morgan fingerprint density at radius 3 is 2.33 bits per heavy atom. The zero-order chi connectivity index (χ0) is 23.2. The van der Waals surface area contributed by atoms with Gasteiger partial charge < -0.3 is 4.90 Å². The van der Waals surface area contributed by atoms with Crippen molar-refractivity contribution in [3.8, 4) is 5.69 Å². The molecular weight excluding hydrogens is 420 g/mol. The number of amides is 1. The van der Waals surface area contributed by atoms with Gasteiger partial charge in [0.25, 0.3) is 0 Å². The number of rotatable bonds is 4. The summed E-state index contributed by atoms with van der Waals surface area (Å²) in [5.74, 6) is -0.470. The fourth-order valence-electron chi connectivity index (χ4n) is 5.13. The zero-order valence-electron chi connectivity index (χ0n) is 18.7. The SMILES string of the molecule is CC(=O)N1CCC(Cc2ccc(F)cc2)(c2cc3cnn(-c4ccc(F)cc4)c3cc2C)C1. The van der Waals surface area contributed by atoms with Crippen LogP contribution in [0.1, 0.15) is 30.0 Å². The van der Waals surface area contributed by atoms with Crippen LogP contribution in [0.15, 0.2) is 66.9 Å². The predicted octanol–water partition coefficient (Wildman–Crippen LogP) is 5.34. The van der Waals surface area contributed by atoms with Crippen LogP contribution >= 0.6 is 0 Å². The molecule has 33 heavy (non-hydrogen) atoms. The molecule has 168 valence electrons. The van der Waals surface area contributed by atoms with Crippen molar-refractivity contribution in [3.63, 3.8) is 0 Å². The molecule has 3 aromatic carbocycles. The van der Waals surface area contributed by atoms with Gasteiger partial charge in [-0.15, -0.1) is 0 Å². The number of likely N-dealkylation sites (tertiary alicyclic amines) is 1. The van der Waals surface area contributed by atoms with Crippen molar-refractivity contribution in [2.45, 2.75) is 32.1 Å².